The van der Waals surface area contributed by atoms with Gasteiger partial charge in [0.05, 0.1) is 0 Å². The first-order chi connectivity index (χ1) is 7.22. The molecule has 84 valence electrons. The van der Waals surface area contributed by atoms with E-state index in [1.165, 1.54) is 11.5 Å². The first-order valence-corrected chi connectivity index (χ1v) is 5.29. The minimum atomic E-state index is 0. The number of hydrogen-bond donors (Lipinski definition) is 0. The number of hydrogen-bond acceptors (Lipinski definition) is 0. The average molecular weight is 254 g/mol. The second-order valence-corrected chi connectivity index (χ2v) is 3.82. The molecule has 0 aromatic rings. The minimum Gasteiger partial charge on any atom is -0.0990 e. The van der Waals surface area contributed by atoms with E-state index in [0.29, 0.717) is 5.92 Å². The van der Waals surface area contributed by atoms with E-state index in [9.17, 15) is 0 Å². The van der Waals surface area contributed by atoms with Crippen molar-refractivity contribution in [2.24, 2.45) is 5.92 Å². The molecule has 0 saturated heterocycles. The van der Waals surface area contributed by atoms with Gasteiger partial charge >= 0.3 is 17.1 Å². The van der Waals surface area contributed by atoms with Crippen molar-refractivity contribution in [2.45, 2.75) is 13.8 Å². The molecule has 0 heterocycles. The third-order valence-electron chi connectivity index (χ3n) is 2.29. The van der Waals surface area contributed by atoms with E-state index in [1.807, 2.05) is 44.9 Å². The Morgan fingerprint density at radius 2 is 1.25 bits per heavy atom. The summed E-state index contributed by atoms with van der Waals surface area (Å²) in [4.78, 5) is 0. The summed E-state index contributed by atoms with van der Waals surface area (Å²) in [6, 6.07) is 0. The summed E-state index contributed by atoms with van der Waals surface area (Å²) in [6.45, 7) is 8.32. The first kappa shape index (κ1) is 16.3. The minimum absolute atomic E-state index is 0. The van der Waals surface area contributed by atoms with Gasteiger partial charge in [0.15, 0.2) is 0 Å². The van der Waals surface area contributed by atoms with E-state index < -0.39 is 0 Å². The molecule has 0 aromatic carbocycles. The molecule has 0 atom stereocenters. The smallest absolute Gasteiger partial charge is 0.0990 e. The Bertz CT molecular complexity index is 166. The molecule has 0 unspecified atom stereocenters. The molecule has 2 rings (SSSR count). The van der Waals surface area contributed by atoms with Crippen molar-refractivity contribution in [3.8, 4) is 0 Å². The third kappa shape index (κ3) is 6.11. The van der Waals surface area contributed by atoms with Crippen LogP contribution in [0.3, 0.4) is 0 Å². The van der Waals surface area contributed by atoms with Gasteiger partial charge in [0.1, 0.15) is 0 Å². The van der Waals surface area contributed by atoms with Gasteiger partial charge in [0, 0.05) is 5.92 Å². The number of allylic oxidation sites excluding steroid dienone is 1. The van der Waals surface area contributed by atoms with Crippen LogP contribution in [0.25, 0.3) is 0 Å². The normalized spacial score (nSPS) is 20.2. The predicted octanol–water partition coefficient (Wildman–Crippen LogP) is 3.62. The standard InChI is InChI=1S/C10H13.C5H5.Fe/c1-8(2)9(3)10-6-4-5-7-10;1-2-4-5-3-1;/h4-8H,3H2,1-2H3;1-5H;/q;;+2. The Morgan fingerprint density at radius 3 is 1.56 bits per heavy atom. The molecule has 0 bridgehead atoms. The zero-order chi connectivity index (χ0) is 11.1. The van der Waals surface area contributed by atoms with Gasteiger partial charge in [-0.1, -0.05) is 26.0 Å². The Morgan fingerprint density at radius 1 is 0.875 bits per heavy atom. The fourth-order valence-electron chi connectivity index (χ4n) is 1.24. The van der Waals surface area contributed by atoms with Crippen LogP contribution in [0.2, 0.25) is 0 Å². The quantitative estimate of drug-likeness (QED) is 0.660. The maximum atomic E-state index is 4.00. The van der Waals surface area contributed by atoms with Gasteiger partial charge in [0.25, 0.3) is 0 Å². The van der Waals surface area contributed by atoms with Crippen molar-refractivity contribution in [3.05, 3.63) is 75.9 Å². The van der Waals surface area contributed by atoms with Crippen molar-refractivity contribution in [3.63, 3.8) is 0 Å². The Balaban J connectivity index is 0.000000318. The van der Waals surface area contributed by atoms with Crippen molar-refractivity contribution >= 4 is 0 Å². The van der Waals surface area contributed by atoms with Crippen LogP contribution in [0.5, 0.6) is 0 Å². The zero-order valence-corrected chi connectivity index (χ0v) is 10.9. The number of rotatable bonds is 2. The van der Waals surface area contributed by atoms with Crippen LogP contribution in [0.15, 0.2) is 12.2 Å². The van der Waals surface area contributed by atoms with Gasteiger partial charge in [-0.15, -0.1) is 0 Å². The second-order valence-electron chi connectivity index (χ2n) is 3.82. The van der Waals surface area contributed by atoms with E-state index in [-0.39, 0.29) is 17.1 Å². The second kappa shape index (κ2) is 9.31. The summed E-state index contributed by atoms with van der Waals surface area (Å²) in [5.74, 6) is 1.83. The van der Waals surface area contributed by atoms with Crippen LogP contribution >= 0.6 is 0 Å². The van der Waals surface area contributed by atoms with E-state index in [0.717, 1.165) is 0 Å². The van der Waals surface area contributed by atoms with Crippen molar-refractivity contribution in [1.82, 2.24) is 0 Å². The molecular weight excluding hydrogens is 236 g/mol. The molecule has 2 aliphatic carbocycles. The van der Waals surface area contributed by atoms with Crippen LogP contribution < -0.4 is 0 Å². The zero-order valence-electron chi connectivity index (χ0n) is 9.83. The van der Waals surface area contributed by atoms with E-state index in [4.69, 9.17) is 0 Å². The van der Waals surface area contributed by atoms with Gasteiger partial charge in [-0.25, -0.2) is 0 Å². The molecule has 0 aliphatic heterocycles. The van der Waals surface area contributed by atoms with Crippen molar-refractivity contribution in [2.75, 3.05) is 0 Å². The van der Waals surface area contributed by atoms with Crippen molar-refractivity contribution < 1.29 is 17.1 Å². The molecule has 2 aliphatic rings. The molecule has 0 nitrogen and oxygen atoms in total. The van der Waals surface area contributed by atoms with E-state index in [1.54, 1.807) is 0 Å². The molecule has 1 heteroatoms. The van der Waals surface area contributed by atoms with Crippen LogP contribution in [0.1, 0.15) is 13.8 Å². The molecule has 0 aromatic heterocycles. The Kier molecular flexibility index (Phi) is 9.46. The summed E-state index contributed by atoms with van der Waals surface area (Å²) in [5, 5.41) is 0. The van der Waals surface area contributed by atoms with Gasteiger partial charge in [-0.05, 0) is 63.7 Å². The summed E-state index contributed by atoms with van der Waals surface area (Å²) >= 11 is 0. The molecule has 2 saturated carbocycles. The monoisotopic (exact) mass is 254 g/mol. The molecular formula is C15H18Fe+2. The van der Waals surface area contributed by atoms with Gasteiger partial charge in [-0.2, -0.15) is 0 Å². The molecule has 16 heavy (non-hydrogen) atoms. The Hall–Kier alpha value is 0.259. The molecule has 2 fully saturated rings. The summed E-state index contributed by atoms with van der Waals surface area (Å²) in [5.41, 5.74) is 1.23. The fourth-order valence-corrected chi connectivity index (χ4v) is 1.24. The van der Waals surface area contributed by atoms with Gasteiger partial charge < -0.3 is 0 Å². The fraction of sp³-hybridized carbons (Fsp3) is 0.200. The van der Waals surface area contributed by atoms with Crippen LogP contribution in [-0.4, -0.2) is 0 Å². The maximum absolute atomic E-state index is 4.00. The van der Waals surface area contributed by atoms with Crippen molar-refractivity contribution in [1.29, 1.82) is 0 Å². The molecule has 10 radical (unpaired) electrons. The van der Waals surface area contributed by atoms with Gasteiger partial charge in [-0.3, -0.25) is 0 Å². The SMILES string of the molecule is C=C([C]1[CH][CH][CH][CH]1)C(C)C.[CH]1[CH][CH][CH][CH]1.[Fe+2]. The topological polar surface area (TPSA) is 0 Å². The van der Waals surface area contributed by atoms with Crippen LogP contribution in [-0.2, 0) is 17.1 Å². The molecule has 0 spiro atoms. The molecule has 0 amide bonds. The largest absolute Gasteiger partial charge is 2.00 e. The van der Waals surface area contributed by atoms with Crippen LogP contribution in [0, 0.1) is 69.6 Å². The average Bonchev–Trinajstić information content (AvgIpc) is 2.92. The first-order valence-electron chi connectivity index (χ1n) is 5.29. The summed E-state index contributed by atoms with van der Waals surface area (Å²) in [6.07, 6.45) is 18.3. The van der Waals surface area contributed by atoms with Gasteiger partial charge in [0.2, 0.25) is 0 Å². The third-order valence-corrected chi connectivity index (χ3v) is 2.29. The van der Waals surface area contributed by atoms with E-state index in [2.05, 4.69) is 33.3 Å². The predicted molar refractivity (Wildman–Crippen MR) is 65.9 cm³/mol. The summed E-state index contributed by atoms with van der Waals surface area (Å²) < 4.78 is 0. The van der Waals surface area contributed by atoms with Crippen LogP contribution in [0.4, 0.5) is 0 Å². The summed E-state index contributed by atoms with van der Waals surface area (Å²) in [7, 11) is 0. The maximum Gasteiger partial charge on any atom is 2.00 e. The van der Waals surface area contributed by atoms with E-state index >= 15 is 0 Å². The molecule has 0 N–H and O–H groups in total. The Labute approximate surface area is 113 Å².